The van der Waals surface area contributed by atoms with E-state index in [1.807, 2.05) is 19.1 Å². The molecule has 1 aromatic carbocycles. The molecule has 0 saturated carbocycles. The van der Waals surface area contributed by atoms with Gasteiger partial charge in [-0.25, -0.2) is 0 Å². The van der Waals surface area contributed by atoms with Crippen molar-refractivity contribution in [2.24, 2.45) is 0 Å². The van der Waals surface area contributed by atoms with Crippen LogP contribution >= 0.6 is 11.3 Å². The second-order valence-corrected chi connectivity index (χ2v) is 8.39. The number of hydrogen-bond donors (Lipinski definition) is 2. The second-order valence-electron chi connectivity index (χ2n) is 7.29. The number of anilines is 1. The maximum absolute atomic E-state index is 12.4. The van der Waals surface area contributed by atoms with Crippen LogP contribution in [0.4, 0.5) is 5.00 Å². The molecule has 6 heteroatoms. The Bertz CT molecular complexity index is 852. The predicted molar refractivity (Wildman–Crippen MR) is 112 cm³/mol. The molecule has 1 aromatic heterocycles. The van der Waals surface area contributed by atoms with Crippen molar-refractivity contribution in [3.8, 4) is 11.8 Å². The predicted octanol–water partition coefficient (Wildman–Crippen LogP) is 2.94. The topological polar surface area (TPSA) is 66.6 Å². The highest BCUT2D eigenvalue weighted by molar-refractivity contribution is 7.16. The first kappa shape index (κ1) is 20.4. The third kappa shape index (κ3) is 5.12. The monoisotopic (exact) mass is 398 g/mol. The summed E-state index contributed by atoms with van der Waals surface area (Å²) in [5.41, 5.74) is 3.06. The quantitative estimate of drug-likeness (QED) is 0.718. The van der Waals surface area contributed by atoms with Crippen LogP contribution in [0, 0.1) is 11.3 Å². The summed E-state index contributed by atoms with van der Waals surface area (Å²) < 4.78 is 5.47. The number of nitrogens with zero attached hydrogens (tertiary/aromatic N) is 1. The molecule has 1 atom stereocenters. The summed E-state index contributed by atoms with van der Waals surface area (Å²) in [6.45, 7) is 4.24. The van der Waals surface area contributed by atoms with Crippen molar-refractivity contribution >= 4 is 22.2 Å². The van der Waals surface area contributed by atoms with Crippen LogP contribution in [0.15, 0.2) is 24.3 Å². The molecular weight excluding hydrogens is 370 g/mol. The van der Waals surface area contributed by atoms with E-state index in [0.29, 0.717) is 18.6 Å². The number of aryl methyl sites for hydroxylation is 1. The van der Waals surface area contributed by atoms with Gasteiger partial charge in [0, 0.05) is 10.4 Å². The lowest BCUT2D eigenvalue weighted by molar-refractivity contribution is -0.893. The first-order chi connectivity index (χ1) is 13.6. The van der Waals surface area contributed by atoms with Crippen molar-refractivity contribution in [2.75, 3.05) is 25.5 Å². The van der Waals surface area contributed by atoms with Crippen LogP contribution in [0.1, 0.15) is 47.8 Å². The SMILES string of the molecule is CCOc1ccc(C[NH+](C)CCC(=O)Nc2sc3c(c2C#N)CCCC3)cc1. The van der Waals surface area contributed by atoms with E-state index in [2.05, 4.69) is 30.6 Å². The van der Waals surface area contributed by atoms with Gasteiger partial charge in [-0.15, -0.1) is 11.3 Å². The molecule has 148 valence electrons. The van der Waals surface area contributed by atoms with Crippen molar-refractivity contribution in [3.63, 3.8) is 0 Å². The highest BCUT2D eigenvalue weighted by Crippen LogP contribution is 2.37. The highest BCUT2D eigenvalue weighted by Gasteiger charge is 2.22. The van der Waals surface area contributed by atoms with Crippen LogP contribution < -0.4 is 15.0 Å². The van der Waals surface area contributed by atoms with Crippen molar-refractivity contribution in [1.82, 2.24) is 0 Å². The van der Waals surface area contributed by atoms with E-state index in [1.54, 1.807) is 11.3 Å². The molecule has 0 bridgehead atoms. The third-order valence-electron chi connectivity index (χ3n) is 5.06. The molecule has 0 spiro atoms. The number of thiophene rings is 1. The van der Waals surface area contributed by atoms with Gasteiger partial charge in [0.1, 0.15) is 23.4 Å². The minimum absolute atomic E-state index is 0.0128. The Balaban J connectivity index is 1.50. The minimum Gasteiger partial charge on any atom is -0.494 e. The zero-order chi connectivity index (χ0) is 19.9. The fraction of sp³-hybridized carbons (Fsp3) is 0.455. The van der Waals surface area contributed by atoms with Gasteiger partial charge in [0.25, 0.3) is 0 Å². The molecule has 2 aromatic rings. The van der Waals surface area contributed by atoms with Gasteiger partial charge in [-0.1, -0.05) is 0 Å². The van der Waals surface area contributed by atoms with Gasteiger partial charge >= 0.3 is 0 Å². The summed E-state index contributed by atoms with van der Waals surface area (Å²) in [6, 6.07) is 10.4. The molecule has 5 nitrogen and oxygen atoms in total. The van der Waals surface area contributed by atoms with E-state index in [1.165, 1.54) is 21.8 Å². The Morgan fingerprint density at radius 3 is 2.75 bits per heavy atom. The molecule has 1 aliphatic rings. The molecule has 1 aliphatic carbocycles. The van der Waals surface area contributed by atoms with Gasteiger partial charge in [0.2, 0.25) is 5.91 Å². The van der Waals surface area contributed by atoms with E-state index < -0.39 is 0 Å². The summed E-state index contributed by atoms with van der Waals surface area (Å²) in [5.74, 6) is 0.872. The number of fused-ring (bicyclic) bond motifs is 1. The molecule has 0 fully saturated rings. The number of rotatable bonds is 8. The Hall–Kier alpha value is -2.36. The maximum atomic E-state index is 12.4. The lowest BCUT2D eigenvalue weighted by Crippen LogP contribution is -3.07. The average Bonchev–Trinajstić information content (AvgIpc) is 3.05. The zero-order valence-corrected chi connectivity index (χ0v) is 17.5. The van der Waals surface area contributed by atoms with Crippen LogP contribution in [0.2, 0.25) is 0 Å². The van der Waals surface area contributed by atoms with Crippen LogP contribution in [-0.2, 0) is 24.2 Å². The number of nitrogens with one attached hydrogen (secondary N) is 2. The minimum atomic E-state index is -0.0128. The summed E-state index contributed by atoms with van der Waals surface area (Å²) in [6.07, 6.45) is 4.73. The van der Waals surface area contributed by atoms with Crippen molar-refractivity contribution in [3.05, 3.63) is 45.8 Å². The van der Waals surface area contributed by atoms with Gasteiger partial charge in [0.15, 0.2) is 0 Å². The summed E-state index contributed by atoms with van der Waals surface area (Å²) in [7, 11) is 2.09. The third-order valence-corrected chi connectivity index (χ3v) is 6.26. The van der Waals surface area contributed by atoms with E-state index in [9.17, 15) is 10.1 Å². The molecule has 3 rings (SSSR count). The lowest BCUT2D eigenvalue weighted by Gasteiger charge is -2.14. The smallest absolute Gasteiger partial charge is 0.230 e. The van der Waals surface area contributed by atoms with Crippen molar-refractivity contribution in [2.45, 2.75) is 45.6 Å². The zero-order valence-electron chi connectivity index (χ0n) is 16.6. The van der Waals surface area contributed by atoms with Crippen LogP contribution in [0.3, 0.4) is 0 Å². The first-order valence-corrected chi connectivity index (χ1v) is 10.8. The van der Waals surface area contributed by atoms with Gasteiger partial charge in [0.05, 0.1) is 32.2 Å². The van der Waals surface area contributed by atoms with Crippen LogP contribution in [-0.4, -0.2) is 26.1 Å². The number of quaternary nitrogens is 1. The largest absolute Gasteiger partial charge is 0.494 e. The summed E-state index contributed by atoms with van der Waals surface area (Å²) >= 11 is 1.58. The molecule has 1 unspecified atom stereocenters. The normalized spacial score (nSPS) is 14.0. The van der Waals surface area contributed by atoms with Gasteiger partial charge in [-0.05, 0) is 62.4 Å². The summed E-state index contributed by atoms with van der Waals surface area (Å²) in [4.78, 5) is 15.0. The molecule has 0 radical (unpaired) electrons. The molecule has 28 heavy (non-hydrogen) atoms. The van der Waals surface area contributed by atoms with E-state index in [0.717, 1.165) is 48.7 Å². The number of nitriles is 1. The summed E-state index contributed by atoms with van der Waals surface area (Å²) in [5, 5.41) is 13.2. The van der Waals surface area contributed by atoms with Gasteiger partial charge < -0.3 is 15.0 Å². The standard InChI is InChI=1S/C22H27N3O2S/c1-3-27-17-10-8-16(9-11-17)15-25(2)13-12-21(26)24-22-19(14-23)18-6-4-5-7-20(18)28-22/h8-11H,3-7,12-13,15H2,1-2H3,(H,24,26)/p+1. The van der Waals surface area contributed by atoms with E-state index >= 15 is 0 Å². The molecular formula is C22H28N3O2S+. The Kier molecular flexibility index (Phi) is 7.07. The van der Waals surface area contributed by atoms with E-state index in [-0.39, 0.29) is 5.91 Å². The lowest BCUT2D eigenvalue weighted by atomic mass is 9.96. The highest BCUT2D eigenvalue weighted by atomic mass is 32.1. The molecule has 2 N–H and O–H groups in total. The van der Waals surface area contributed by atoms with Gasteiger partial charge in [-0.3, -0.25) is 4.79 Å². The van der Waals surface area contributed by atoms with E-state index in [4.69, 9.17) is 4.74 Å². The Morgan fingerprint density at radius 1 is 1.29 bits per heavy atom. The fourth-order valence-electron chi connectivity index (χ4n) is 3.60. The first-order valence-electron chi connectivity index (χ1n) is 9.98. The molecule has 1 amide bonds. The molecule has 1 heterocycles. The van der Waals surface area contributed by atoms with Crippen LogP contribution in [0.5, 0.6) is 5.75 Å². The van der Waals surface area contributed by atoms with Gasteiger partial charge in [-0.2, -0.15) is 5.26 Å². The number of ether oxygens (including phenoxy) is 1. The second kappa shape index (κ2) is 9.72. The maximum Gasteiger partial charge on any atom is 0.230 e. The van der Waals surface area contributed by atoms with Crippen LogP contribution in [0.25, 0.3) is 0 Å². The number of carbonyl (C=O) groups excluding carboxylic acids is 1. The Labute approximate surface area is 170 Å². The number of amides is 1. The molecule has 0 aliphatic heterocycles. The fourth-order valence-corrected chi connectivity index (χ4v) is 4.85. The number of benzene rings is 1. The average molecular weight is 399 g/mol. The van der Waals surface area contributed by atoms with Crippen molar-refractivity contribution in [1.29, 1.82) is 5.26 Å². The number of hydrogen-bond acceptors (Lipinski definition) is 4. The van der Waals surface area contributed by atoms with Crippen molar-refractivity contribution < 1.29 is 14.4 Å². The Morgan fingerprint density at radius 2 is 2.04 bits per heavy atom. The number of carbonyl (C=O) groups is 1. The molecule has 0 saturated heterocycles.